The molecule has 1 heterocycles. The molecule has 0 aliphatic heterocycles. The highest BCUT2D eigenvalue weighted by Gasteiger charge is 2.12. The predicted octanol–water partition coefficient (Wildman–Crippen LogP) is 4.55. The first-order valence-electron chi connectivity index (χ1n) is 6.16. The summed E-state index contributed by atoms with van der Waals surface area (Å²) in [5, 5.41) is 4.20. The van der Waals surface area contributed by atoms with Crippen molar-refractivity contribution in [3.63, 3.8) is 0 Å². The first-order valence-corrected chi connectivity index (χ1v) is 6.16. The highest BCUT2D eigenvalue weighted by molar-refractivity contribution is 6.21. The van der Waals surface area contributed by atoms with E-state index in [1.807, 2.05) is 54.6 Å². The Balaban J connectivity index is 2.37. The van der Waals surface area contributed by atoms with E-state index in [0.29, 0.717) is 5.56 Å². The number of furan rings is 1. The Morgan fingerprint density at radius 1 is 0.789 bits per heavy atom. The number of carbonyl (C=O) groups is 1. The van der Waals surface area contributed by atoms with E-state index >= 15 is 0 Å². The molecule has 2 heteroatoms. The van der Waals surface area contributed by atoms with Crippen LogP contribution in [-0.4, -0.2) is 6.29 Å². The van der Waals surface area contributed by atoms with Gasteiger partial charge in [-0.25, -0.2) is 0 Å². The summed E-state index contributed by atoms with van der Waals surface area (Å²) < 4.78 is 5.84. The fourth-order valence-electron chi connectivity index (χ4n) is 2.71. The van der Waals surface area contributed by atoms with Crippen molar-refractivity contribution in [2.75, 3.05) is 0 Å². The lowest BCUT2D eigenvalue weighted by Crippen LogP contribution is -1.83. The van der Waals surface area contributed by atoms with Gasteiger partial charge in [-0.3, -0.25) is 4.79 Å². The van der Waals surface area contributed by atoms with E-state index in [1.165, 1.54) is 0 Å². The minimum absolute atomic E-state index is 0.669. The van der Waals surface area contributed by atoms with Crippen molar-refractivity contribution in [1.82, 2.24) is 0 Å². The van der Waals surface area contributed by atoms with Crippen molar-refractivity contribution in [3.8, 4) is 0 Å². The van der Waals surface area contributed by atoms with Gasteiger partial charge in [0.1, 0.15) is 11.2 Å². The van der Waals surface area contributed by atoms with Crippen LogP contribution in [0, 0.1) is 0 Å². The lowest BCUT2D eigenvalue weighted by atomic mass is 10.00. The third kappa shape index (κ3) is 1.34. The fraction of sp³-hybridized carbons (Fsp3) is 0. The highest BCUT2D eigenvalue weighted by Crippen LogP contribution is 2.35. The summed E-state index contributed by atoms with van der Waals surface area (Å²) in [5.41, 5.74) is 2.29. The minimum Gasteiger partial charge on any atom is -0.456 e. The molecule has 0 N–H and O–H groups in total. The Hall–Kier alpha value is -2.61. The average molecular weight is 246 g/mol. The maximum absolute atomic E-state index is 11.2. The standard InChI is InChI=1S/C17H10O2/c18-10-11-9-16-17(13-6-2-1-5-12(11)13)14-7-3-4-8-15(14)19-16/h1-10H. The molecule has 0 fully saturated rings. The van der Waals surface area contributed by atoms with Gasteiger partial charge in [0, 0.05) is 16.3 Å². The van der Waals surface area contributed by atoms with Gasteiger partial charge < -0.3 is 4.42 Å². The summed E-state index contributed by atoms with van der Waals surface area (Å²) >= 11 is 0. The number of benzene rings is 3. The van der Waals surface area contributed by atoms with Gasteiger partial charge >= 0.3 is 0 Å². The number of carbonyl (C=O) groups excluding carboxylic acids is 1. The highest BCUT2D eigenvalue weighted by atomic mass is 16.3. The largest absolute Gasteiger partial charge is 0.456 e. The van der Waals surface area contributed by atoms with Gasteiger partial charge in [0.2, 0.25) is 0 Å². The smallest absolute Gasteiger partial charge is 0.150 e. The van der Waals surface area contributed by atoms with Crippen LogP contribution in [0.2, 0.25) is 0 Å². The van der Waals surface area contributed by atoms with Crippen LogP contribution in [0.25, 0.3) is 32.7 Å². The van der Waals surface area contributed by atoms with E-state index in [1.54, 1.807) is 0 Å². The Morgan fingerprint density at radius 3 is 2.26 bits per heavy atom. The van der Waals surface area contributed by atoms with E-state index in [2.05, 4.69) is 0 Å². The molecule has 0 saturated heterocycles. The Bertz CT molecular complexity index is 932. The first kappa shape index (κ1) is 10.3. The van der Waals surface area contributed by atoms with E-state index in [-0.39, 0.29) is 0 Å². The molecular weight excluding hydrogens is 236 g/mol. The molecule has 4 aromatic rings. The molecule has 0 unspecified atom stereocenters. The number of para-hydroxylation sites is 1. The van der Waals surface area contributed by atoms with Crippen LogP contribution < -0.4 is 0 Å². The van der Waals surface area contributed by atoms with Gasteiger partial charge in [-0.2, -0.15) is 0 Å². The van der Waals surface area contributed by atoms with Crippen LogP contribution in [0.4, 0.5) is 0 Å². The quantitative estimate of drug-likeness (QED) is 0.461. The van der Waals surface area contributed by atoms with Gasteiger partial charge in [0.25, 0.3) is 0 Å². The lowest BCUT2D eigenvalue weighted by molar-refractivity contribution is 0.112. The van der Waals surface area contributed by atoms with E-state index in [4.69, 9.17) is 4.42 Å². The molecule has 0 saturated carbocycles. The normalized spacial score (nSPS) is 11.4. The SMILES string of the molecule is O=Cc1cc2oc3ccccc3c2c2ccccc12. The summed E-state index contributed by atoms with van der Waals surface area (Å²) in [7, 11) is 0. The predicted molar refractivity (Wildman–Crippen MR) is 76.6 cm³/mol. The van der Waals surface area contributed by atoms with Crippen LogP contribution >= 0.6 is 0 Å². The third-order valence-electron chi connectivity index (χ3n) is 3.54. The van der Waals surface area contributed by atoms with Crippen LogP contribution in [0.3, 0.4) is 0 Å². The number of hydrogen-bond donors (Lipinski definition) is 0. The molecule has 0 spiro atoms. The molecule has 0 aliphatic carbocycles. The number of hydrogen-bond acceptors (Lipinski definition) is 2. The Morgan fingerprint density at radius 2 is 1.47 bits per heavy atom. The van der Waals surface area contributed by atoms with Crippen LogP contribution in [0.15, 0.2) is 59.0 Å². The van der Waals surface area contributed by atoms with E-state index < -0.39 is 0 Å². The number of rotatable bonds is 1. The van der Waals surface area contributed by atoms with Crippen LogP contribution in [-0.2, 0) is 0 Å². The zero-order valence-electron chi connectivity index (χ0n) is 10.1. The van der Waals surface area contributed by atoms with Crippen molar-refractivity contribution in [2.24, 2.45) is 0 Å². The first-order chi connectivity index (χ1) is 9.38. The summed E-state index contributed by atoms with van der Waals surface area (Å²) in [6.07, 6.45) is 0.884. The van der Waals surface area contributed by atoms with Crippen LogP contribution in [0.5, 0.6) is 0 Å². The molecule has 0 atom stereocenters. The van der Waals surface area contributed by atoms with E-state index in [9.17, 15) is 4.79 Å². The number of aldehydes is 1. The van der Waals surface area contributed by atoms with Gasteiger partial charge in [-0.1, -0.05) is 42.5 Å². The molecule has 0 amide bonds. The summed E-state index contributed by atoms with van der Waals surface area (Å²) in [6, 6.07) is 17.7. The Labute approximate surface area is 109 Å². The van der Waals surface area contributed by atoms with Gasteiger partial charge in [0.05, 0.1) is 0 Å². The molecule has 1 aromatic heterocycles. The van der Waals surface area contributed by atoms with Crippen LogP contribution in [0.1, 0.15) is 10.4 Å². The maximum atomic E-state index is 11.2. The van der Waals surface area contributed by atoms with Crippen molar-refractivity contribution < 1.29 is 9.21 Å². The summed E-state index contributed by atoms with van der Waals surface area (Å²) in [4.78, 5) is 11.2. The van der Waals surface area contributed by atoms with Crippen molar-refractivity contribution in [3.05, 3.63) is 60.2 Å². The number of fused-ring (bicyclic) bond motifs is 5. The molecule has 3 aromatic carbocycles. The monoisotopic (exact) mass is 246 g/mol. The summed E-state index contributed by atoms with van der Waals surface area (Å²) in [6.45, 7) is 0. The second kappa shape index (κ2) is 3.69. The van der Waals surface area contributed by atoms with Gasteiger partial charge in [-0.05, 0) is 22.9 Å². The molecular formula is C17H10O2. The second-order valence-electron chi connectivity index (χ2n) is 4.60. The van der Waals surface area contributed by atoms with Crippen molar-refractivity contribution >= 4 is 39.0 Å². The molecule has 19 heavy (non-hydrogen) atoms. The molecule has 2 nitrogen and oxygen atoms in total. The second-order valence-corrected chi connectivity index (χ2v) is 4.60. The fourth-order valence-corrected chi connectivity index (χ4v) is 2.71. The molecule has 4 rings (SSSR count). The van der Waals surface area contributed by atoms with Crippen molar-refractivity contribution in [2.45, 2.75) is 0 Å². The van der Waals surface area contributed by atoms with Gasteiger partial charge in [-0.15, -0.1) is 0 Å². The maximum Gasteiger partial charge on any atom is 0.150 e. The van der Waals surface area contributed by atoms with Crippen molar-refractivity contribution in [1.29, 1.82) is 0 Å². The third-order valence-corrected chi connectivity index (χ3v) is 3.54. The lowest BCUT2D eigenvalue weighted by Gasteiger charge is -2.02. The zero-order chi connectivity index (χ0) is 12.8. The molecule has 90 valence electrons. The van der Waals surface area contributed by atoms with E-state index in [0.717, 1.165) is 39.0 Å². The topological polar surface area (TPSA) is 30.2 Å². The van der Waals surface area contributed by atoms with Gasteiger partial charge in [0.15, 0.2) is 6.29 Å². The summed E-state index contributed by atoms with van der Waals surface area (Å²) in [5.74, 6) is 0. The average Bonchev–Trinajstić information content (AvgIpc) is 2.84. The Kier molecular flexibility index (Phi) is 2.00. The molecule has 0 bridgehead atoms. The minimum atomic E-state index is 0.669. The molecule has 0 aliphatic rings. The molecule has 0 radical (unpaired) electrons. The zero-order valence-corrected chi connectivity index (χ0v) is 10.1.